The van der Waals surface area contributed by atoms with Crippen molar-refractivity contribution in [2.24, 2.45) is 0 Å². The smallest absolute Gasteiger partial charge is 0.265 e. The number of piperazine rings is 1. The number of halogens is 1. The Balaban J connectivity index is 1.37. The predicted molar refractivity (Wildman–Crippen MR) is 136 cm³/mol. The highest BCUT2D eigenvalue weighted by Crippen LogP contribution is 2.41. The summed E-state index contributed by atoms with van der Waals surface area (Å²) in [5.41, 5.74) is 1.66. The van der Waals surface area contributed by atoms with E-state index in [1.165, 1.54) is 11.8 Å². The summed E-state index contributed by atoms with van der Waals surface area (Å²) in [6, 6.07) is 15.0. The summed E-state index contributed by atoms with van der Waals surface area (Å²) in [4.78, 5) is 33.9. The molecule has 2 heterocycles. The number of carbonyl (C=O) groups excluding carboxylic acids is 2. The topological polar surface area (TPSA) is 55.9 Å². The molecule has 1 fully saturated rings. The van der Waals surface area contributed by atoms with Gasteiger partial charge in [-0.2, -0.15) is 0 Å². The fourth-order valence-corrected chi connectivity index (χ4v) is 5.12. The van der Waals surface area contributed by atoms with E-state index >= 15 is 0 Å². The Morgan fingerprint density at radius 3 is 2.58 bits per heavy atom. The van der Waals surface area contributed by atoms with E-state index < -0.39 is 0 Å². The first-order chi connectivity index (χ1) is 16.0. The maximum absolute atomic E-state index is 13.3. The van der Waals surface area contributed by atoms with Crippen LogP contribution in [0.2, 0.25) is 5.02 Å². The van der Waals surface area contributed by atoms with Crippen LogP contribution in [-0.4, -0.2) is 74.5 Å². The zero-order chi connectivity index (χ0) is 23.2. The number of nitrogens with one attached hydrogen (secondary N) is 1. The largest absolute Gasteiger partial charge is 0.355 e. The number of hydrogen-bond donors (Lipinski definition) is 1. The maximum atomic E-state index is 13.3. The van der Waals surface area contributed by atoms with E-state index in [0.29, 0.717) is 16.5 Å². The fraction of sp³-hybridized carbons (Fsp3) is 0.360. The molecule has 0 aromatic heterocycles. The summed E-state index contributed by atoms with van der Waals surface area (Å²) in [7, 11) is 2.15. The number of thioether (sulfide) groups is 1. The Morgan fingerprint density at radius 2 is 1.82 bits per heavy atom. The first kappa shape index (κ1) is 23.8. The maximum Gasteiger partial charge on any atom is 0.265 e. The highest BCUT2D eigenvalue weighted by atomic mass is 35.5. The fourth-order valence-electron chi connectivity index (χ4n) is 3.93. The van der Waals surface area contributed by atoms with E-state index in [9.17, 15) is 9.59 Å². The molecule has 2 aliphatic heterocycles. The molecule has 0 bridgehead atoms. The number of nitrogens with zero attached hydrogens (tertiary/aromatic N) is 3. The quantitative estimate of drug-likeness (QED) is 0.481. The number of benzene rings is 2. The second kappa shape index (κ2) is 11.2. The Labute approximate surface area is 204 Å². The lowest BCUT2D eigenvalue weighted by atomic mass is 10.2. The van der Waals surface area contributed by atoms with Gasteiger partial charge in [0.25, 0.3) is 5.91 Å². The lowest BCUT2D eigenvalue weighted by molar-refractivity contribution is -0.122. The van der Waals surface area contributed by atoms with Gasteiger partial charge in [-0.25, -0.2) is 0 Å². The first-order valence-electron chi connectivity index (χ1n) is 11.2. The number of para-hydroxylation sites is 1. The number of anilines is 1. The van der Waals surface area contributed by atoms with Crippen LogP contribution in [0.1, 0.15) is 12.0 Å². The van der Waals surface area contributed by atoms with Crippen LogP contribution in [0.25, 0.3) is 6.08 Å². The van der Waals surface area contributed by atoms with Crippen LogP contribution in [0.4, 0.5) is 5.69 Å². The summed E-state index contributed by atoms with van der Waals surface area (Å²) < 4.78 is 0. The number of likely N-dealkylation sites (N-methyl/N-ethyl adjacent to an activating group) is 1. The standard InChI is InChI=1S/C25H29ClN4O2S/c1-28-13-15-29(16-14-28)12-4-11-27-24(31)18-30-21-5-2-3-6-22(21)33-23(25(30)32)17-19-7-9-20(26)10-8-19/h2-3,5-10,17H,4,11-16,18H2,1H3,(H,27,31)/b23-17+. The van der Waals surface area contributed by atoms with Crippen molar-refractivity contribution in [1.82, 2.24) is 15.1 Å². The molecule has 33 heavy (non-hydrogen) atoms. The van der Waals surface area contributed by atoms with Gasteiger partial charge in [-0.3, -0.25) is 14.5 Å². The molecule has 174 valence electrons. The Hall–Kier alpha value is -2.32. The number of amides is 2. The lowest BCUT2D eigenvalue weighted by Gasteiger charge is -2.32. The monoisotopic (exact) mass is 484 g/mol. The van der Waals surface area contributed by atoms with Gasteiger partial charge in [0.15, 0.2) is 0 Å². The summed E-state index contributed by atoms with van der Waals surface area (Å²) in [6.45, 7) is 5.91. The zero-order valence-corrected chi connectivity index (χ0v) is 20.4. The van der Waals surface area contributed by atoms with Crippen molar-refractivity contribution >= 4 is 46.9 Å². The highest BCUT2D eigenvalue weighted by molar-refractivity contribution is 8.04. The van der Waals surface area contributed by atoms with E-state index in [0.717, 1.165) is 55.3 Å². The molecule has 6 nitrogen and oxygen atoms in total. The number of rotatable bonds is 7. The Bertz CT molecular complexity index is 1020. The van der Waals surface area contributed by atoms with E-state index in [1.54, 1.807) is 17.0 Å². The highest BCUT2D eigenvalue weighted by Gasteiger charge is 2.30. The molecule has 1 N–H and O–H groups in total. The Morgan fingerprint density at radius 1 is 1.09 bits per heavy atom. The average molecular weight is 485 g/mol. The van der Waals surface area contributed by atoms with E-state index in [2.05, 4.69) is 22.2 Å². The molecule has 0 saturated carbocycles. The normalized spacial score (nSPS) is 18.4. The van der Waals surface area contributed by atoms with Gasteiger partial charge in [0, 0.05) is 42.6 Å². The molecule has 0 unspecified atom stereocenters. The third kappa shape index (κ3) is 6.38. The van der Waals surface area contributed by atoms with Gasteiger partial charge in [-0.15, -0.1) is 0 Å². The van der Waals surface area contributed by atoms with Crippen LogP contribution in [-0.2, 0) is 9.59 Å². The van der Waals surface area contributed by atoms with Crippen molar-refractivity contribution in [3.63, 3.8) is 0 Å². The van der Waals surface area contributed by atoms with Gasteiger partial charge in [0.05, 0.1) is 10.6 Å². The molecule has 1 saturated heterocycles. The third-order valence-electron chi connectivity index (χ3n) is 5.87. The summed E-state index contributed by atoms with van der Waals surface area (Å²) in [6.07, 6.45) is 2.75. The molecule has 0 atom stereocenters. The van der Waals surface area contributed by atoms with Gasteiger partial charge in [-0.1, -0.05) is 47.6 Å². The number of fused-ring (bicyclic) bond motifs is 1. The van der Waals surface area contributed by atoms with Crippen molar-refractivity contribution in [1.29, 1.82) is 0 Å². The minimum Gasteiger partial charge on any atom is -0.355 e. The van der Waals surface area contributed by atoms with Gasteiger partial charge in [0.1, 0.15) is 6.54 Å². The van der Waals surface area contributed by atoms with Crippen molar-refractivity contribution in [3.05, 3.63) is 64.0 Å². The minimum atomic E-state index is -0.166. The molecule has 2 aliphatic rings. The van der Waals surface area contributed by atoms with Crippen LogP contribution < -0.4 is 10.2 Å². The van der Waals surface area contributed by atoms with Crippen molar-refractivity contribution in [3.8, 4) is 0 Å². The third-order valence-corrected chi connectivity index (χ3v) is 7.20. The molecule has 0 radical (unpaired) electrons. The molecule has 4 rings (SSSR count). The van der Waals surface area contributed by atoms with Crippen molar-refractivity contribution < 1.29 is 9.59 Å². The summed E-state index contributed by atoms with van der Waals surface area (Å²) in [5.74, 6) is -0.310. The van der Waals surface area contributed by atoms with Crippen LogP contribution in [0, 0.1) is 0 Å². The molecule has 2 amide bonds. The molecule has 0 aliphatic carbocycles. The first-order valence-corrected chi connectivity index (χ1v) is 12.4. The van der Waals surface area contributed by atoms with Gasteiger partial charge in [0.2, 0.25) is 5.91 Å². The Kier molecular flexibility index (Phi) is 8.09. The molecular weight excluding hydrogens is 456 g/mol. The minimum absolute atomic E-state index is 0.00285. The second-order valence-corrected chi connectivity index (χ2v) is 9.89. The zero-order valence-electron chi connectivity index (χ0n) is 18.8. The van der Waals surface area contributed by atoms with Crippen molar-refractivity contribution in [2.45, 2.75) is 11.3 Å². The summed E-state index contributed by atoms with van der Waals surface area (Å²) >= 11 is 7.41. The van der Waals surface area contributed by atoms with Gasteiger partial charge in [-0.05, 0) is 55.9 Å². The van der Waals surface area contributed by atoms with Crippen LogP contribution >= 0.6 is 23.4 Å². The molecular formula is C25H29ClN4O2S. The van der Waals surface area contributed by atoms with Gasteiger partial charge >= 0.3 is 0 Å². The molecule has 2 aromatic rings. The van der Waals surface area contributed by atoms with E-state index in [4.69, 9.17) is 11.6 Å². The molecule has 2 aromatic carbocycles. The van der Waals surface area contributed by atoms with Gasteiger partial charge < -0.3 is 15.1 Å². The number of hydrogen-bond acceptors (Lipinski definition) is 5. The summed E-state index contributed by atoms with van der Waals surface area (Å²) in [5, 5.41) is 3.64. The van der Waals surface area contributed by atoms with Crippen molar-refractivity contribution in [2.75, 3.05) is 57.8 Å². The van der Waals surface area contributed by atoms with Crippen LogP contribution in [0.5, 0.6) is 0 Å². The van der Waals surface area contributed by atoms with Crippen LogP contribution in [0.15, 0.2) is 58.3 Å². The lowest BCUT2D eigenvalue weighted by Crippen LogP contribution is -2.45. The number of carbonyl (C=O) groups is 2. The van der Waals surface area contributed by atoms with E-state index in [-0.39, 0.29) is 18.4 Å². The van der Waals surface area contributed by atoms with Crippen LogP contribution in [0.3, 0.4) is 0 Å². The predicted octanol–water partition coefficient (Wildman–Crippen LogP) is 3.57. The SMILES string of the molecule is CN1CCN(CCCNC(=O)CN2C(=O)/C(=C\c3ccc(Cl)cc3)Sc3ccccc32)CC1. The molecule has 0 spiro atoms. The molecule has 8 heteroatoms. The second-order valence-electron chi connectivity index (χ2n) is 8.37. The average Bonchev–Trinajstić information content (AvgIpc) is 2.82. The van der Waals surface area contributed by atoms with E-state index in [1.807, 2.05) is 42.5 Å².